The fraction of sp³-hybridized carbons (Fsp3) is 0.171. The van der Waals surface area contributed by atoms with Crippen LogP contribution in [0.25, 0.3) is 67.6 Å². The van der Waals surface area contributed by atoms with E-state index in [-0.39, 0.29) is 11.5 Å². The monoisotopic (exact) mass is 1110 g/mol. The minimum Gasteiger partial charge on any atom is -0.507 e. The van der Waals surface area contributed by atoms with Crippen molar-refractivity contribution in [1.82, 2.24) is 19.9 Å². The van der Waals surface area contributed by atoms with Gasteiger partial charge in [0, 0.05) is 75.6 Å². The molecule has 85 heavy (non-hydrogen) atoms. The number of fused-ring (bicyclic) bond motifs is 16. The number of nitrogens with zero attached hydrogens (tertiary/aromatic N) is 2. The lowest BCUT2D eigenvalue weighted by atomic mass is 9.89. The average molecular weight is 1120 g/mol. The summed E-state index contributed by atoms with van der Waals surface area (Å²) in [5.74, 6) is 1.72. The van der Waals surface area contributed by atoms with E-state index in [9.17, 15) is 15.0 Å². The van der Waals surface area contributed by atoms with E-state index in [4.69, 9.17) is 19.4 Å². The third-order valence-electron chi connectivity index (χ3n) is 16.4. The lowest BCUT2D eigenvalue weighted by molar-refractivity contribution is 0.112. The van der Waals surface area contributed by atoms with Gasteiger partial charge >= 0.3 is 0 Å². The number of phenols is 2. The lowest BCUT2D eigenvalue weighted by Crippen LogP contribution is -2.07. The molecule has 13 rings (SSSR count). The second kappa shape index (κ2) is 23.0. The number of phenolic OH excluding ortho intramolecular Hbond substituents is 2. The number of ether oxygens (including phenoxy) is 2. The number of aldehydes is 1. The first-order chi connectivity index (χ1) is 41.4. The molecule has 0 atom stereocenters. The Morgan fingerprint density at radius 3 is 1.21 bits per heavy atom. The number of para-hydroxylation sites is 2. The number of nitrogens with one attached hydrogen (secondary N) is 2. The van der Waals surface area contributed by atoms with E-state index < -0.39 is 0 Å². The average Bonchev–Trinajstić information content (AvgIpc) is 4.11. The molecule has 16 bridgehead atoms. The first kappa shape index (κ1) is 54.3. The van der Waals surface area contributed by atoms with Crippen molar-refractivity contribution >= 4 is 51.7 Å². The first-order valence-corrected chi connectivity index (χ1v) is 29.5. The Balaban J connectivity index is 1.07. The van der Waals surface area contributed by atoms with Crippen molar-refractivity contribution in [3.63, 3.8) is 0 Å². The predicted molar refractivity (Wildman–Crippen MR) is 344 cm³/mol. The van der Waals surface area contributed by atoms with Gasteiger partial charge in [0.1, 0.15) is 29.3 Å². The van der Waals surface area contributed by atoms with Crippen LogP contribution in [0.4, 0.5) is 0 Å². The van der Waals surface area contributed by atoms with E-state index in [1.165, 1.54) is 16.7 Å². The number of aromatic amines is 2. The molecule has 5 heterocycles. The van der Waals surface area contributed by atoms with Crippen LogP contribution < -0.4 is 9.47 Å². The summed E-state index contributed by atoms with van der Waals surface area (Å²) in [7, 11) is 0. The van der Waals surface area contributed by atoms with Crippen LogP contribution in [0.1, 0.15) is 132 Å². The smallest absolute Gasteiger partial charge is 0.150 e. The van der Waals surface area contributed by atoms with Gasteiger partial charge in [-0.3, -0.25) is 4.79 Å². The molecule has 0 spiro atoms. The molecule has 1 aliphatic carbocycles. The number of benzene rings is 7. The predicted octanol–water partition coefficient (Wildman–Crippen LogP) is 17.2. The van der Waals surface area contributed by atoms with E-state index in [0.29, 0.717) is 78.2 Å². The second-order valence-corrected chi connectivity index (χ2v) is 22.9. The maximum atomic E-state index is 12.9. The zero-order valence-electron chi connectivity index (χ0n) is 48.6. The van der Waals surface area contributed by atoms with Gasteiger partial charge in [-0.05, 0) is 173 Å². The quantitative estimate of drug-likeness (QED) is 0.0948. The number of rotatable bonds is 11. The minimum absolute atomic E-state index is 0.141. The summed E-state index contributed by atoms with van der Waals surface area (Å²) in [5.41, 5.74) is 25.1. The topological polar surface area (TPSA) is 133 Å². The summed E-state index contributed by atoms with van der Waals surface area (Å²) < 4.78 is 13.3. The van der Waals surface area contributed by atoms with Crippen molar-refractivity contribution < 1.29 is 24.5 Å². The van der Waals surface area contributed by atoms with Gasteiger partial charge in [0.2, 0.25) is 0 Å². The number of hydrogen-bond donors (Lipinski definition) is 4. The molecule has 9 heteroatoms. The molecule has 9 nitrogen and oxygen atoms in total. The lowest BCUT2D eigenvalue weighted by Gasteiger charge is -2.21. The van der Waals surface area contributed by atoms with E-state index >= 15 is 0 Å². The fourth-order valence-corrected chi connectivity index (χ4v) is 12.1. The van der Waals surface area contributed by atoms with E-state index in [1.807, 2.05) is 24.3 Å². The van der Waals surface area contributed by atoms with Gasteiger partial charge in [0.25, 0.3) is 0 Å². The number of aromatic nitrogens is 4. The molecule has 0 unspecified atom stereocenters. The molecule has 0 amide bonds. The Morgan fingerprint density at radius 2 is 0.824 bits per heavy atom. The number of carbonyl (C=O) groups excluding carboxylic acids is 1. The van der Waals surface area contributed by atoms with E-state index in [0.717, 1.165) is 131 Å². The van der Waals surface area contributed by atoms with E-state index in [2.05, 4.69) is 190 Å². The Bertz CT molecular complexity index is 4400. The highest BCUT2D eigenvalue weighted by Gasteiger charge is 2.24. The summed E-state index contributed by atoms with van der Waals surface area (Å²) in [5, 5.41) is 24.9. The molecule has 0 radical (unpaired) electrons. The van der Waals surface area contributed by atoms with E-state index in [1.54, 1.807) is 12.1 Å². The highest BCUT2D eigenvalue weighted by atomic mass is 16.5. The fourth-order valence-electron chi connectivity index (χ4n) is 12.1. The van der Waals surface area contributed by atoms with Crippen LogP contribution in [0.2, 0.25) is 0 Å². The molecular formula is C76H66N4O5. The SMILES string of the molecule is CCCOc1c2cccc1Cc1cc(-c3cc4cc5nc(cc6[nH]c(cc7nc(cc3[nH]4)C=C7c3ccc(C)cc3)cc6-c3ccc(C)cc3)C=C5c3ccc(C)cc3)cc(c1O)Cc1cccc(c1OCCC)Cc1cc(C=O)cc(c1O)C2. The van der Waals surface area contributed by atoms with Gasteiger partial charge < -0.3 is 29.7 Å². The van der Waals surface area contributed by atoms with Crippen molar-refractivity contribution in [2.45, 2.75) is 73.1 Å². The van der Waals surface area contributed by atoms with Gasteiger partial charge in [-0.1, -0.05) is 140 Å². The molecule has 0 saturated heterocycles. The third-order valence-corrected chi connectivity index (χ3v) is 16.4. The van der Waals surface area contributed by atoms with Crippen molar-refractivity contribution in [2.75, 3.05) is 13.2 Å². The summed E-state index contributed by atoms with van der Waals surface area (Å²) in [6.07, 6.45) is 8.04. The van der Waals surface area contributed by atoms with Gasteiger partial charge in [-0.25, -0.2) is 9.97 Å². The van der Waals surface area contributed by atoms with Gasteiger partial charge in [0.15, 0.2) is 0 Å². The number of aromatic hydroxyl groups is 2. The standard InChI is InChI=1S/C76H66N4O5/c1-6-26-84-75-52-10-8-12-54(75)32-59-34-56(35-60(74(59)83)33-55-13-9-11-53(76(55)85-27-7-2)31-58-29-48(44-81)28-57(30-52)73(58)82)68-39-64-42-71-66(50-22-16-46(4)17-23-50)37-62(78-71)40-69-65(49-20-14-45(3)15-21-49)36-61(77-69)41-70-67(51-24-18-47(5)19-25-51)38-63(79-70)43-72(68)80-64/h8-25,28-29,34-44,77,80,82-83H,6-7,26-27,30-33H2,1-5H3. The van der Waals surface area contributed by atoms with Gasteiger partial charge in [-0.15, -0.1) is 0 Å². The molecule has 4 N–H and O–H groups in total. The maximum Gasteiger partial charge on any atom is 0.150 e. The second-order valence-electron chi connectivity index (χ2n) is 22.9. The van der Waals surface area contributed by atoms with Crippen molar-refractivity contribution in [3.8, 4) is 45.3 Å². The van der Waals surface area contributed by atoms with Crippen LogP contribution in [0, 0.1) is 20.8 Å². The summed E-state index contributed by atoms with van der Waals surface area (Å²) in [6.45, 7) is 11.4. The summed E-state index contributed by atoms with van der Waals surface area (Å²) in [4.78, 5) is 31.0. The van der Waals surface area contributed by atoms with Crippen molar-refractivity contribution in [2.24, 2.45) is 0 Å². The summed E-state index contributed by atoms with van der Waals surface area (Å²) in [6, 6.07) is 58.8. The maximum absolute atomic E-state index is 12.9. The Hall–Kier alpha value is -9.99. The largest absolute Gasteiger partial charge is 0.507 e. The van der Waals surface area contributed by atoms with Crippen LogP contribution in [-0.2, 0) is 25.7 Å². The zero-order chi connectivity index (χ0) is 58.3. The van der Waals surface area contributed by atoms with Crippen LogP contribution in [0.5, 0.6) is 23.0 Å². The Morgan fingerprint density at radius 1 is 0.447 bits per heavy atom. The van der Waals surface area contributed by atoms with Crippen molar-refractivity contribution in [1.29, 1.82) is 0 Å². The normalized spacial score (nSPS) is 12.8. The Labute approximate surface area is 495 Å². The van der Waals surface area contributed by atoms with Crippen LogP contribution >= 0.6 is 0 Å². The molecule has 420 valence electrons. The molecule has 7 aromatic carbocycles. The molecule has 3 aromatic heterocycles. The number of carbonyl (C=O) groups is 1. The van der Waals surface area contributed by atoms with Gasteiger partial charge in [0.05, 0.1) is 36.0 Å². The number of aryl methyl sites for hydroxylation is 3. The molecule has 3 aliphatic rings. The highest BCUT2D eigenvalue weighted by Crippen LogP contribution is 2.43. The zero-order valence-corrected chi connectivity index (χ0v) is 48.6. The number of H-pyrrole nitrogens is 2. The van der Waals surface area contributed by atoms with Crippen molar-refractivity contribution in [3.05, 3.63) is 271 Å². The van der Waals surface area contributed by atoms with Crippen LogP contribution in [0.15, 0.2) is 170 Å². The first-order valence-electron chi connectivity index (χ1n) is 29.5. The highest BCUT2D eigenvalue weighted by molar-refractivity contribution is 5.98. The molecule has 0 saturated carbocycles. The summed E-state index contributed by atoms with van der Waals surface area (Å²) >= 11 is 0. The van der Waals surface area contributed by atoms with Crippen LogP contribution in [-0.4, -0.2) is 49.6 Å². The Kier molecular flexibility index (Phi) is 14.7. The molecular weight excluding hydrogens is 1050 g/mol. The molecule has 0 fully saturated rings. The minimum atomic E-state index is 0.141. The third kappa shape index (κ3) is 11.1. The molecule has 2 aliphatic heterocycles. The van der Waals surface area contributed by atoms with Crippen LogP contribution in [0.3, 0.4) is 0 Å². The van der Waals surface area contributed by atoms with Gasteiger partial charge in [-0.2, -0.15) is 0 Å². The number of hydrogen-bond acceptors (Lipinski definition) is 7. The molecule has 10 aromatic rings.